The summed E-state index contributed by atoms with van der Waals surface area (Å²) in [6.45, 7) is 14.4. The normalized spacial score (nSPS) is 13.4. The highest BCUT2D eigenvalue weighted by Gasteiger charge is 2.34. The van der Waals surface area contributed by atoms with Crippen LogP contribution in [-0.2, 0) is 20.9 Å². The molecule has 0 aliphatic heterocycles. The molecule has 0 spiro atoms. The van der Waals surface area contributed by atoms with Crippen LogP contribution in [0.5, 0.6) is 0 Å². The van der Waals surface area contributed by atoms with Crippen LogP contribution in [0, 0.1) is 17.4 Å². The van der Waals surface area contributed by atoms with Crippen molar-refractivity contribution < 1.29 is 19.1 Å². The maximum Gasteiger partial charge on any atom is 0.408 e. The summed E-state index contributed by atoms with van der Waals surface area (Å²) in [5.74, 6) is 1.65. The van der Waals surface area contributed by atoms with E-state index in [1.165, 1.54) is 0 Å². The molecule has 0 aromatic heterocycles. The van der Waals surface area contributed by atoms with E-state index in [9.17, 15) is 14.4 Å². The molecule has 0 aliphatic rings. The van der Waals surface area contributed by atoms with Gasteiger partial charge in [0.05, 0.1) is 0 Å². The van der Waals surface area contributed by atoms with Crippen molar-refractivity contribution >= 4 is 26.0 Å². The van der Waals surface area contributed by atoms with E-state index in [4.69, 9.17) is 10.5 Å². The largest absolute Gasteiger partial charge is 0.445 e. The molecular weight excluding hydrogens is 422 g/mol. The molecule has 0 unspecified atom stereocenters. The number of carbonyl (C=O) groups excluding carboxylic acids is 3. The third-order valence-electron chi connectivity index (χ3n) is 5.68. The van der Waals surface area contributed by atoms with Crippen LogP contribution in [-0.4, -0.2) is 38.1 Å². The monoisotopic (exact) mass is 459 g/mol. The first-order valence-electron chi connectivity index (χ1n) is 10.8. The molecule has 0 aliphatic carbocycles. The van der Waals surface area contributed by atoms with Gasteiger partial charge in [0.15, 0.2) is 0 Å². The van der Waals surface area contributed by atoms with Gasteiger partial charge >= 0.3 is 6.09 Å². The Morgan fingerprint density at radius 3 is 2.19 bits per heavy atom. The summed E-state index contributed by atoms with van der Waals surface area (Å²) in [6.07, 6.45) is -0.590. The van der Waals surface area contributed by atoms with Gasteiger partial charge in [-0.25, -0.2) is 4.79 Å². The van der Waals surface area contributed by atoms with Crippen molar-refractivity contribution in [2.24, 2.45) is 11.7 Å². The van der Waals surface area contributed by atoms with E-state index in [0.717, 1.165) is 5.56 Å². The summed E-state index contributed by atoms with van der Waals surface area (Å²) < 4.78 is 5.21. The molecule has 3 amide bonds. The number of carbonyl (C=O) groups is 3. The lowest BCUT2D eigenvalue weighted by Gasteiger charge is -2.31. The van der Waals surface area contributed by atoms with Gasteiger partial charge in [0.25, 0.3) is 0 Å². The number of ether oxygens (including phenoxy) is 1. The highest BCUT2D eigenvalue weighted by molar-refractivity contribution is 6.87. The first-order valence-corrected chi connectivity index (χ1v) is 13.8. The summed E-state index contributed by atoms with van der Waals surface area (Å²) in [4.78, 5) is 36.9. The van der Waals surface area contributed by atoms with Crippen LogP contribution < -0.4 is 16.4 Å². The highest BCUT2D eigenvalue weighted by Crippen LogP contribution is 2.35. The van der Waals surface area contributed by atoms with Gasteiger partial charge < -0.3 is 21.1 Å². The topological polar surface area (TPSA) is 111 Å². The minimum Gasteiger partial charge on any atom is -0.445 e. The first-order chi connectivity index (χ1) is 14.7. The van der Waals surface area contributed by atoms with Crippen LogP contribution >= 0.6 is 0 Å². The van der Waals surface area contributed by atoms with Crippen LogP contribution in [0.3, 0.4) is 0 Å². The minimum absolute atomic E-state index is 0.0816. The van der Waals surface area contributed by atoms with Crippen LogP contribution in [0.15, 0.2) is 30.3 Å². The Kier molecular flexibility index (Phi) is 9.98. The molecule has 32 heavy (non-hydrogen) atoms. The molecule has 0 fully saturated rings. The number of nitrogens with one attached hydrogen (secondary N) is 2. The van der Waals surface area contributed by atoms with Crippen molar-refractivity contribution in [3.8, 4) is 11.5 Å². The van der Waals surface area contributed by atoms with Crippen LogP contribution in [0.1, 0.15) is 46.6 Å². The molecule has 0 saturated heterocycles. The summed E-state index contributed by atoms with van der Waals surface area (Å²) in [5.41, 5.74) is 9.64. The van der Waals surface area contributed by atoms with E-state index in [-0.39, 0.29) is 24.0 Å². The minimum atomic E-state index is -1.84. The maximum atomic E-state index is 12.8. The van der Waals surface area contributed by atoms with Gasteiger partial charge in [0.1, 0.15) is 26.8 Å². The smallest absolute Gasteiger partial charge is 0.408 e. The lowest BCUT2D eigenvalue weighted by atomic mass is 10.0. The molecule has 8 heteroatoms. The Labute approximate surface area is 192 Å². The lowest BCUT2D eigenvalue weighted by molar-refractivity contribution is -0.129. The van der Waals surface area contributed by atoms with Crippen LogP contribution in [0.25, 0.3) is 0 Å². The van der Waals surface area contributed by atoms with Crippen molar-refractivity contribution in [3.63, 3.8) is 0 Å². The fourth-order valence-electron chi connectivity index (χ4n) is 2.47. The number of amides is 3. The number of rotatable bonds is 8. The second-order valence-corrected chi connectivity index (χ2v) is 14.8. The Hall–Kier alpha value is -2.79. The van der Waals surface area contributed by atoms with E-state index < -0.39 is 38.1 Å². The Morgan fingerprint density at radius 2 is 1.69 bits per heavy atom. The number of primary amides is 1. The molecule has 2 atom stereocenters. The zero-order valence-electron chi connectivity index (χ0n) is 20.2. The zero-order valence-corrected chi connectivity index (χ0v) is 21.2. The standard InChI is InChI=1S/C24H37N3O4Si/c1-17(2)20(27-23(30)31-16-18-12-9-8-10-13-18)22(29)26-19(21(25)28)14-11-15-32(6,7)24(3,4)5/h8-10,12-13,17,19-20H,14,16H2,1-7H3,(H2,25,28)(H,26,29)(H,27,30)/t19-,20-/m0/s1. The lowest BCUT2D eigenvalue weighted by Crippen LogP contribution is -2.54. The van der Waals surface area contributed by atoms with Gasteiger partial charge in [-0.2, -0.15) is 0 Å². The number of hydrogen-bond acceptors (Lipinski definition) is 4. The molecule has 0 heterocycles. The van der Waals surface area contributed by atoms with Gasteiger partial charge in [-0.3, -0.25) is 9.59 Å². The number of hydrogen-bond donors (Lipinski definition) is 3. The molecule has 0 radical (unpaired) electrons. The molecule has 7 nitrogen and oxygen atoms in total. The third kappa shape index (κ3) is 8.75. The Balaban J connectivity index is 2.77. The Bertz CT molecular complexity index is 851. The highest BCUT2D eigenvalue weighted by atomic mass is 28.3. The summed E-state index contributed by atoms with van der Waals surface area (Å²) in [7, 11) is -1.84. The van der Waals surface area contributed by atoms with E-state index >= 15 is 0 Å². The summed E-state index contributed by atoms with van der Waals surface area (Å²) in [6, 6.07) is 7.41. The van der Waals surface area contributed by atoms with Crippen LogP contribution in [0.4, 0.5) is 4.79 Å². The summed E-state index contributed by atoms with van der Waals surface area (Å²) >= 11 is 0. The van der Waals surface area contributed by atoms with Crippen molar-refractivity contribution in [1.82, 2.24) is 10.6 Å². The van der Waals surface area contributed by atoms with Gasteiger partial charge in [0.2, 0.25) is 11.8 Å². The van der Waals surface area contributed by atoms with Gasteiger partial charge in [-0.15, -0.1) is 11.5 Å². The summed E-state index contributed by atoms with van der Waals surface area (Å²) in [5, 5.41) is 5.29. The zero-order chi connectivity index (χ0) is 24.5. The molecule has 0 saturated carbocycles. The van der Waals surface area contributed by atoms with Crippen LogP contribution in [0.2, 0.25) is 18.1 Å². The predicted molar refractivity (Wildman–Crippen MR) is 129 cm³/mol. The Morgan fingerprint density at radius 1 is 1.09 bits per heavy atom. The molecule has 1 rings (SSSR count). The van der Waals surface area contributed by atoms with E-state index in [1.54, 1.807) is 13.8 Å². The van der Waals surface area contributed by atoms with E-state index in [0.29, 0.717) is 0 Å². The number of nitrogens with two attached hydrogens (primary N) is 1. The average molecular weight is 460 g/mol. The average Bonchev–Trinajstić information content (AvgIpc) is 2.69. The van der Waals surface area contributed by atoms with Crippen molar-refractivity contribution in [1.29, 1.82) is 0 Å². The SMILES string of the molecule is CC(C)[C@H](NC(=O)OCc1ccccc1)C(=O)N[C@@H](CC#C[Si](C)(C)C(C)(C)C)C(N)=O. The molecule has 176 valence electrons. The quantitative estimate of drug-likeness (QED) is 0.409. The van der Waals surface area contributed by atoms with Crippen molar-refractivity contribution in [2.75, 3.05) is 0 Å². The first kappa shape index (κ1) is 27.2. The second-order valence-electron chi connectivity index (χ2n) is 9.77. The van der Waals surface area contributed by atoms with E-state index in [1.807, 2.05) is 30.3 Å². The fraction of sp³-hybridized carbons (Fsp3) is 0.542. The van der Waals surface area contributed by atoms with Crippen molar-refractivity contribution in [3.05, 3.63) is 35.9 Å². The second kappa shape index (κ2) is 11.7. The molecule has 1 aromatic rings. The molecular formula is C24H37N3O4Si. The number of alkyl carbamates (subject to hydrolysis) is 1. The maximum absolute atomic E-state index is 12.8. The fourth-order valence-corrected chi connectivity index (χ4v) is 3.39. The predicted octanol–water partition coefficient (Wildman–Crippen LogP) is 3.35. The molecule has 4 N–H and O–H groups in total. The van der Waals surface area contributed by atoms with Crippen molar-refractivity contribution in [2.45, 2.75) is 77.9 Å². The molecule has 0 bridgehead atoms. The van der Waals surface area contributed by atoms with E-state index in [2.05, 4.69) is 56.0 Å². The van der Waals surface area contributed by atoms with Gasteiger partial charge in [-0.1, -0.05) is 78.0 Å². The third-order valence-corrected chi connectivity index (χ3v) is 10.2. The van der Waals surface area contributed by atoms with Gasteiger partial charge in [-0.05, 0) is 16.5 Å². The van der Waals surface area contributed by atoms with Gasteiger partial charge in [0, 0.05) is 6.42 Å². The number of benzene rings is 1. The molecule has 1 aromatic carbocycles.